The first-order valence-electron chi connectivity index (χ1n) is 19.4. The van der Waals surface area contributed by atoms with Gasteiger partial charge in [0.05, 0.1) is 30.1 Å². The molecule has 0 bridgehead atoms. The largest absolute Gasteiger partial charge is 0.471 e. The molecule has 2 amide bonds. The minimum absolute atomic E-state index is 0.0769. The summed E-state index contributed by atoms with van der Waals surface area (Å²) >= 11 is 0. The molecule has 298 valence electrons. The van der Waals surface area contributed by atoms with Crippen LogP contribution >= 0.6 is 0 Å². The molecule has 4 N–H and O–H groups in total. The molecule has 4 aromatic rings. The zero-order valence-electron chi connectivity index (χ0n) is 33.2. The Balaban J connectivity index is 1.25. The Morgan fingerprint density at radius 3 is 2.16 bits per heavy atom. The Morgan fingerprint density at radius 1 is 0.946 bits per heavy atom. The quantitative estimate of drug-likeness (QED) is 0.117. The van der Waals surface area contributed by atoms with Crippen molar-refractivity contribution in [3.05, 3.63) is 125 Å². The third kappa shape index (κ3) is 10.1. The van der Waals surface area contributed by atoms with Gasteiger partial charge in [0, 0.05) is 48.9 Å². The molecule has 0 saturated heterocycles. The fourth-order valence-electron chi connectivity index (χ4n) is 7.51. The highest BCUT2D eigenvalue weighted by molar-refractivity contribution is 7.92. The zero-order chi connectivity index (χ0) is 40.3. The molecule has 6 rings (SSSR count). The van der Waals surface area contributed by atoms with E-state index in [0.29, 0.717) is 12.3 Å². The number of nitrogens with one attached hydrogen (secondary N) is 3. The lowest BCUT2D eigenvalue weighted by molar-refractivity contribution is -0.0421. The van der Waals surface area contributed by atoms with Crippen LogP contribution in [0.4, 0.5) is 5.69 Å². The molecule has 1 aromatic heterocycles. The Labute approximate surface area is 331 Å². The van der Waals surface area contributed by atoms with Crippen LogP contribution in [0.3, 0.4) is 0 Å². The number of hydrogen-bond acceptors (Lipinski definition) is 8. The number of hydrogen-bond donors (Lipinski definition) is 4. The SMILES string of the molecule is C[C@@H](NC(=O)c1cc(C(=O)N[C@@H](Cc2ccccc2)[C@H](O)CN[C@H]2CC3(CCC3)Oc3ncc(CC(C)(C)C)cc32)cc(N(C)S(C)(=O)=O)c1)c1ccccc1. The van der Waals surface area contributed by atoms with E-state index < -0.39 is 34.0 Å². The van der Waals surface area contributed by atoms with Crippen LogP contribution in [0, 0.1) is 5.41 Å². The first-order valence-corrected chi connectivity index (χ1v) is 21.2. The minimum Gasteiger partial charge on any atom is -0.471 e. The van der Waals surface area contributed by atoms with E-state index in [1.807, 2.05) is 73.8 Å². The maximum absolute atomic E-state index is 14.2. The van der Waals surface area contributed by atoms with E-state index in [4.69, 9.17) is 9.72 Å². The molecule has 56 heavy (non-hydrogen) atoms. The Bertz CT molecular complexity index is 2120. The summed E-state index contributed by atoms with van der Waals surface area (Å²) in [7, 11) is -2.36. The summed E-state index contributed by atoms with van der Waals surface area (Å²) < 4.78 is 32.8. The van der Waals surface area contributed by atoms with Gasteiger partial charge >= 0.3 is 0 Å². The highest BCUT2D eigenvalue weighted by Gasteiger charge is 2.46. The normalized spacial score (nSPS) is 17.7. The maximum Gasteiger partial charge on any atom is 0.251 e. The van der Waals surface area contributed by atoms with Crippen molar-refractivity contribution in [3.63, 3.8) is 0 Å². The van der Waals surface area contributed by atoms with Gasteiger partial charge in [-0.25, -0.2) is 13.4 Å². The molecule has 3 aromatic carbocycles. The van der Waals surface area contributed by atoms with Crippen molar-refractivity contribution < 1.29 is 27.9 Å². The summed E-state index contributed by atoms with van der Waals surface area (Å²) in [6, 6.07) is 24.4. The number of rotatable bonds is 14. The Hall–Kier alpha value is -4.78. The number of aromatic nitrogens is 1. The predicted octanol–water partition coefficient (Wildman–Crippen LogP) is 6.30. The van der Waals surface area contributed by atoms with Crippen molar-refractivity contribution in [1.82, 2.24) is 20.9 Å². The standard InChI is InChI=1S/C44H55N5O6S/c1-29(32-16-11-8-12-17-32)47-40(51)33-22-34(24-35(23-33)49(5)56(6,53)54)41(52)48-37(21-30-14-9-7-10-15-30)39(50)28-45-38-26-44(18-13-19-44)55-42-36(38)20-31(27-46-42)25-43(2,3)4/h7-12,14-17,20,22-24,27,29,37-39,45,50H,13,18-19,21,25-26,28H2,1-6H3,(H,47,51)(H,48,52)/t29-,37+,38+,39-/m1/s1. The third-order valence-corrected chi connectivity index (χ3v) is 12.0. The van der Waals surface area contributed by atoms with Gasteiger partial charge in [0.2, 0.25) is 15.9 Å². The lowest BCUT2D eigenvalue weighted by Gasteiger charge is -2.47. The smallest absolute Gasteiger partial charge is 0.251 e. The maximum atomic E-state index is 14.2. The molecule has 2 aliphatic rings. The third-order valence-electron chi connectivity index (χ3n) is 10.8. The summed E-state index contributed by atoms with van der Waals surface area (Å²) in [4.78, 5) is 32.5. The number of pyridine rings is 1. The number of carbonyl (C=O) groups excluding carboxylic acids is 2. The molecule has 1 spiro atoms. The van der Waals surface area contributed by atoms with Crippen LogP contribution in [0.5, 0.6) is 5.88 Å². The molecule has 1 aliphatic carbocycles. The lowest BCUT2D eigenvalue weighted by atomic mass is 9.73. The first kappa shape index (κ1) is 40.9. The van der Waals surface area contributed by atoms with Gasteiger partial charge in [0.15, 0.2) is 0 Å². The molecule has 2 heterocycles. The number of nitrogens with zero attached hydrogens (tertiary/aromatic N) is 2. The molecule has 4 atom stereocenters. The van der Waals surface area contributed by atoms with Gasteiger partial charge in [-0.2, -0.15) is 0 Å². The highest BCUT2D eigenvalue weighted by atomic mass is 32.2. The van der Waals surface area contributed by atoms with Crippen LogP contribution in [-0.2, 0) is 22.9 Å². The second kappa shape index (κ2) is 16.8. The van der Waals surface area contributed by atoms with Gasteiger partial charge < -0.3 is 25.8 Å². The number of benzene rings is 3. The fourth-order valence-corrected chi connectivity index (χ4v) is 8.00. The summed E-state index contributed by atoms with van der Waals surface area (Å²) in [5, 5.41) is 21.5. The average Bonchev–Trinajstić information content (AvgIpc) is 3.15. The molecular weight excluding hydrogens is 727 g/mol. The molecule has 11 nitrogen and oxygen atoms in total. The number of aliphatic hydroxyl groups is 1. The van der Waals surface area contributed by atoms with E-state index in [-0.39, 0.29) is 46.5 Å². The van der Waals surface area contributed by atoms with Crippen molar-refractivity contribution in [1.29, 1.82) is 0 Å². The van der Waals surface area contributed by atoms with Crippen molar-refractivity contribution >= 4 is 27.5 Å². The van der Waals surface area contributed by atoms with Crippen molar-refractivity contribution in [2.75, 3.05) is 24.2 Å². The average molecular weight is 782 g/mol. The van der Waals surface area contributed by atoms with Crippen molar-refractivity contribution in [2.24, 2.45) is 5.41 Å². The van der Waals surface area contributed by atoms with Crippen molar-refractivity contribution in [2.45, 2.75) is 96.1 Å². The van der Waals surface area contributed by atoms with Crippen LogP contribution in [-0.4, -0.2) is 67.9 Å². The predicted molar refractivity (Wildman–Crippen MR) is 219 cm³/mol. The van der Waals surface area contributed by atoms with Crippen LogP contribution in [0.25, 0.3) is 0 Å². The molecule has 0 unspecified atom stereocenters. The van der Waals surface area contributed by atoms with Gasteiger partial charge in [-0.3, -0.25) is 13.9 Å². The van der Waals surface area contributed by atoms with Crippen LogP contribution in [0.2, 0.25) is 0 Å². The number of ether oxygens (including phenoxy) is 1. The summed E-state index contributed by atoms with van der Waals surface area (Å²) in [6.07, 6.45) is 6.86. The van der Waals surface area contributed by atoms with Crippen LogP contribution in [0.15, 0.2) is 91.1 Å². The summed E-state index contributed by atoms with van der Waals surface area (Å²) in [5.41, 5.74) is 4.05. The van der Waals surface area contributed by atoms with E-state index in [2.05, 4.69) is 42.8 Å². The second-order valence-corrected chi connectivity index (χ2v) is 18.7. The first-order chi connectivity index (χ1) is 26.5. The highest BCUT2D eigenvalue weighted by Crippen LogP contribution is 2.48. The number of aliphatic hydroxyl groups excluding tert-OH is 1. The Morgan fingerprint density at radius 2 is 1.57 bits per heavy atom. The number of fused-ring (bicyclic) bond motifs is 1. The molecule has 1 aliphatic heterocycles. The van der Waals surface area contributed by atoms with E-state index >= 15 is 0 Å². The topological polar surface area (TPSA) is 150 Å². The van der Waals surface area contributed by atoms with Gasteiger partial charge in [-0.05, 0) is 85.4 Å². The van der Waals surface area contributed by atoms with Crippen LogP contribution in [0.1, 0.15) is 108 Å². The van der Waals surface area contributed by atoms with E-state index in [9.17, 15) is 23.1 Å². The molecule has 1 fully saturated rings. The molecule has 12 heteroatoms. The number of carbonyl (C=O) groups is 2. The van der Waals surface area contributed by atoms with Gasteiger partial charge in [-0.15, -0.1) is 0 Å². The fraction of sp³-hybridized carbons (Fsp3) is 0.432. The molecule has 1 saturated carbocycles. The lowest BCUT2D eigenvalue weighted by Crippen LogP contribution is -2.52. The van der Waals surface area contributed by atoms with Gasteiger partial charge in [-0.1, -0.05) is 81.4 Å². The number of sulfonamides is 1. The second-order valence-electron chi connectivity index (χ2n) is 16.7. The zero-order valence-corrected chi connectivity index (χ0v) is 34.0. The Kier molecular flexibility index (Phi) is 12.2. The molecular formula is C44H55N5O6S. The van der Waals surface area contributed by atoms with E-state index in [0.717, 1.165) is 64.9 Å². The minimum atomic E-state index is -3.73. The monoisotopic (exact) mass is 781 g/mol. The number of amides is 2. The number of anilines is 1. The molecule has 0 radical (unpaired) electrons. The van der Waals surface area contributed by atoms with Gasteiger partial charge in [0.1, 0.15) is 5.60 Å². The summed E-state index contributed by atoms with van der Waals surface area (Å²) in [6.45, 7) is 8.61. The van der Waals surface area contributed by atoms with Gasteiger partial charge in [0.25, 0.3) is 11.8 Å². The summed E-state index contributed by atoms with van der Waals surface area (Å²) in [5.74, 6) is -0.392. The van der Waals surface area contributed by atoms with E-state index in [1.165, 1.54) is 25.2 Å². The van der Waals surface area contributed by atoms with E-state index in [1.54, 1.807) is 0 Å². The van der Waals surface area contributed by atoms with Crippen LogP contribution < -0.4 is 25.0 Å². The van der Waals surface area contributed by atoms with Crippen molar-refractivity contribution in [3.8, 4) is 5.88 Å².